The third-order valence-electron chi connectivity index (χ3n) is 2.75. The molecule has 0 atom stereocenters. The molecule has 5 nitrogen and oxygen atoms in total. The van der Waals surface area contributed by atoms with E-state index in [2.05, 4.69) is 9.88 Å². The van der Waals surface area contributed by atoms with Gasteiger partial charge in [-0.2, -0.15) is 0 Å². The predicted octanol–water partition coefficient (Wildman–Crippen LogP) is -0.157. The van der Waals surface area contributed by atoms with Crippen molar-refractivity contribution >= 4 is 0 Å². The van der Waals surface area contributed by atoms with Gasteiger partial charge in [-0.25, -0.2) is 4.98 Å². The highest BCUT2D eigenvalue weighted by molar-refractivity contribution is 4.91. The van der Waals surface area contributed by atoms with Gasteiger partial charge in [0.1, 0.15) is 5.82 Å². The summed E-state index contributed by atoms with van der Waals surface area (Å²) in [6.45, 7) is 3.16. The molecule has 0 aliphatic rings. The van der Waals surface area contributed by atoms with Crippen molar-refractivity contribution in [1.82, 2.24) is 14.5 Å². The fraction of sp³-hybridized carbons (Fsp3) is 0.727. The van der Waals surface area contributed by atoms with Crippen LogP contribution in [0.25, 0.3) is 0 Å². The highest BCUT2D eigenvalue weighted by Gasteiger charge is 2.24. The lowest BCUT2D eigenvalue weighted by atomic mass is 9.92. The zero-order chi connectivity index (χ0) is 12.2. The van der Waals surface area contributed by atoms with Gasteiger partial charge < -0.3 is 14.8 Å². The Kier molecular flexibility index (Phi) is 4.46. The summed E-state index contributed by atoms with van der Waals surface area (Å²) in [5, 5.41) is 18.4. The van der Waals surface area contributed by atoms with Gasteiger partial charge in [0.2, 0.25) is 0 Å². The van der Waals surface area contributed by atoms with Crippen molar-refractivity contribution in [3.63, 3.8) is 0 Å². The second-order valence-corrected chi connectivity index (χ2v) is 4.75. The number of aryl methyl sites for hydroxylation is 1. The van der Waals surface area contributed by atoms with Crippen LogP contribution in [0.15, 0.2) is 12.4 Å². The van der Waals surface area contributed by atoms with E-state index < -0.39 is 5.41 Å². The average molecular weight is 227 g/mol. The molecule has 0 spiro atoms. The van der Waals surface area contributed by atoms with E-state index in [1.54, 1.807) is 6.20 Å². The van der Waals surface area contributed by atoms with E-state index >= 15 is 0 Å². The number of nitrogens with zero attached hydrogens (tertiary/aromatic N) is 3. The van der Waals surface area contributed by atoms with Gasteiger partial charge in [0, 0.05) is 31.4 Å². The van der Waals surface area contributed by atoms with Gasteiger partial charge in [0.05, 0.1) is 19.8 Å². The quantitative estimate of drug-likeness (QED) is 0.709. The normalized spacial score (nSPS) is 12.4. The lowest BCUT2D eigenvalue weighted by Gasteiger charge is -2.30. The minimum Gasteiger partial charge on any atom is -0.396 e. The second kappa shape index (κ2) is 5.43. The van der Waals surface area contributed by atoms with Crippen molar-refractivity contribution in [3.8, 4) is 0 Å². The highest BCUT2D eigenvalue weighted by Crippen LogP contribution is 2.16. The summed E-state index contributed by atoms with van der Waals surface area (Å²) in [6, 6.07) is 0. The van der Waals surface area contributed by atoms with Crippen molar-refractivity contribution in [2.75, 3.05) is 26.8 Å². The number of rotatable bonds is 6. The van der Waals surface area contributed by atoms with Gasteiger partial charge >= 0.3 is 0 Å². The third kappa shape index (κ3) is 3.30. The first kappa shape index (κ1) is 13.2. The molecule has 0 amide bonds. The highest BCUT2D eigenvalue weighted by atomic mass is 16.3. The molecule has 0 saturated carbocycles. The van der Waals surface area contributed by atoms with Crippen LogP contribution in [0.2, 0.25) is 0 Å². The predicted molar refractivity (Wildman–Crippen MR) is 61.8 cm³/mol. The maximum Gasteiger partial charge on any atom is 0.122 e. The van der Waals surface area contributed by atoms with Crippen molar-refractivity contribution in [1.29, 1.82) is 0 Å². The Morgan fingerprint density at radius 2 is 2.06 bits per heavy atom. The van der Waals surface area contributed by atoms with E-state index in [0.29, 0.717) is 13.1 Å². The van der Waals surface area contributed by atoms with E-state index in [4.69, 9.17) is 0 Å². The number of hydrogen-bond donors (Lipinski definition) is 2. The minimum absolute atomic E-state index is 0.0194. The van der Waals surface area contributed by atoms with Gasteiger partial charge in [0.25, 0.3) is 0 Å². The van der Waals surface area contributed by atoms with Crippen LogP contribution in [-0.2, 0) is 13.6 Å². The zero-order valence-corrected chi connectivity index (χ0v) is 10.2. The molecular weight excluding hydrogens is 206 g/mol. The lowest BCUT2D eigenvalue weighted by molar-refractivity contribution is 0.0394. The molecular formula is C11H21N3O2. The average Bonchev–Trinajstić information content (AvgIpc) is 2.64. The second-order valence-electron chi connectivity index (χ2n) is 4.75. The summed E-state index contributed by atoms with van der Waals surface area (Å²) >= 11 is 0. The molecule has 0 unspecified atom stereocenters. The van der Waals surface area contributed by atoms with Gasteiger partial charge in [0.15, 0.2) is 0 Å². The first-order valence-electron chi connectivity index (χ1n) is 5.37. The van der Waals surface area contributed by atoms with E-state index in [9.17, 15) is 10.2 Å². The van der Waals surface area contributed by atoms with Crippen molar-refractivity contribution < 1.29 is 10.2 Å². The summed E-state index contributed by atoms with van der Waals surface area (Å²) in [4.78, 5) is 6.28. The zero-order valence-electron chi connectivity index (χ0n) is 10.2. The molecule has 1 aromatic heterocycles. The van der Waals surface area contributed by atoms with Gasteiger partial charge in [-0.15, -0.1) is 0 Å². The summed E-state index contributed by atoms with van der Waals surface area (Å²) in [6.07, 6.45) is 3.67. The molecule has 0 aliphatic carbocycles. The Balaban J connectivity index is 2.53. The van der Waals surface area contributed by atoms with Gasteiger partial charge in [-0.1, -0.05) is 6.92 Å². The maximum absolute atomic E-state index is 9.21. The van der Waals surface area contributed by atoms with Crippen LogP contribution in [-0.4, -0.2) is 51.5 Å². The molecule has 0 bridgehead atoms. The molecule has 2 N–H and O–H groups in total. The maximum atomic E-state index is 9.21. The molecule has 0 saturated heterocycles. The van der Waals surface area contributed by atoms with Crippen LogP contribution in [0.4, 0.5) is 0 Å². The Morgan fingerprint density at radius 3 is 2.50 bits per heavy atom. The topological polar surface area (TPSA) is 61.5 Å². The van der Waals surface area contributed by atoms with Crippen LogP contribution in [0.1, 0.15) is 12.7 Å². The summed E-state index contributed by atoms with van der Waals surface area (Å²) < 4.78 is 1.96. The Bertz CT molecular complexity index is 321. The summed E-state index contributed by atoms with van der Waals surface area (Å²) in [5.74, 6) is 0.973. The fourth-order valence-electron chi connectivity index (χ4n) is 1.65. The molecule has 1 rings (SSSR count). The molecule has 1 heterocycles. The van der Waals surface area contributed by atoms with Crippen LogP contribution in [0.5, 0.6) is 0 Å². The molecule has 1 aromatic rings. The lowest BCUT2D eigenvalue weighted by Crippen LogP contribution is -2.39. The molecule has 5 heteroatoms. The minimum atomic E-state index is -0.458. The Morgan fingerprint density at radius 1 is 1.44 bits per heavy atom. The summed E-state index contributed by atoms with van der Waals surface area (Å²) in [7, 11) is 3.91. The number of aromatic nitrogens is 2. The monoisotopic (exact) mass is 227 g/mol. The van der Waals surface area contributed by atoms with E-state index in [0.717, 1.165) is 5.82 Å². The summed E-state index contributed by atoms with van der Waals surface area (Å²) in [5.41, 5.74) is -0.458. The first-order valence-corrected chi connectivity index (χ1v) is 5.37. The Labute approximate surface area is 96.3 Å². The molecule has 0 fully saturated rings. The van der Waals surface area contributed by atoms with E-state index in [1.807, 2.05) is 31.8 Å². The SMILES string of the molecule is CN(Cc1nccn1C)CC(C)(CO)CO. The van der Waals surface area contributed by atoms with Crippen molar-refractivity contribution in [2.45, 2.75) is 13.5 Å². The Hall–Kier alpha value is -0.910. The molecule has 92 valence electrons. The molecule has 0 radical (unpaired) electrons. The van der Waals surface area contributed by atoms with Crippen molar-refractivity contribution in [2.24, 2.45) is 12.5 Å². The molecule has 16 heavy (non-hydrogen) atoms. The molecule has 0 aliphatic heterocycles. The van der Waals surface area contributed by atoms with Crippen LogP contribution in [0.3, 0.4) is 0 Å². The fourth-order valence-corrected chi connectivity index (χ4v) is 1.65. The number of hydrogen-bond acceptors (Lipinski definition) is 4. The number of imidazole rings is 1. The third-order valence-corrected chi connectivity index (χ3v) is 2.75. The van der Waals surface area contributed by atoms with Gasteiger partial charge in [-0.05, 0) is 7.05 Å². The van der Waals surface area contributed by atoms with Crippen LogP contribution < -0.4 is 0 Å². The van der Waals surface area contributed by atoms with Gasteiger partial charge in [-0.3, -0.25) is 4.90 Å². The smallest absolute Gasteiger partial charge is 0.122 e. The standard InChI is InChI=1S/C11H21N3O2/c1-11(8-15,9-16)7-13(2)6-10-12-4-5-14(10)3/h4-5,15-16H,6-9H2,1-3H3. The van der Waals surface area contributed by atoms with Crippen molar-refractivity contribution in [3.05, 3.63) is 18.2 Å². The number of aliphatic hydroxyl groups excluding tert-OH is 2. The largest absolute Gasteiger partial charge is 0.396 e. The molecule has 0 aromatic carbocycles. The van der Waals surface area contributed by atoms with Crippen LogP contribution in [0, 0.1) is 5.41 Å². The first-order chi connectivity index (χ1) is 7.50. The van der Waals surface area contributed by atoms with E-state index in [-0.39, 0.29) is 13.2 Å². The van der Waals surface area contributed by atoms with E-state index in [1.165, 1.54) is 0 Å². The number of aliphatic hydroxyl groups is 2. The van der Waals surface area contributed by atoms with Crippen LogP contribution >= 0.6 is 0 Å².